The number of hydrogen-bond donors (Lipinski definition) is 1. The number of rotatable bonds is 10. The Hall–Kier alpha value is -1.32. The monoisotopic (exact) mass is 263 g/mol. The summed E-state index contributed by atoms with van der Waals surface area (Å²) < 4.78 is 10.9. The molecule has 0 spiro atoms. The molecule has 0 unspecified atom stereocenters. The van der Waals surface area contributed by atoms with Crippen molar-refractivity contribution in [1.82, 2.24) is 5.32 Å². The molecule has 1 aromatic carbocycles. The summed E-state index contributed by atoms with van der Waals surface area (Å²) in [4.78, 5) is 0. The van der Waals surface area contributed by atoms with Gasteiger partial charge in [0.15, 0.2) is 0 Å². The van der Waals surface area contributed by atoms with E-state index < -0.39 is 0 Å². The SMILES string of the molecule is C=CCOCCOc1cccc(CNCC(C)C)c1. The Morgan fingerprint density at radius 1 is 1.32 bits per heavy atom. The van der Waals surface area contributed by atoms with Crippen molar-refractivity contribution in [3.8, 4) is 5.75 Å². The van der Waals surface area contributed by atoms with Gasteiger partial charge in [-0.1, -0.05) is 32.1 Å². The predicted molar refractivity (Wildman–Crippen MR) is 79.5 cm³/mol. The second-order valence-corrected chi connectivity index (χ2v) is 4.88. The maximum atomic E-state index is 5.63. The highest BCUT2D eigenvalue weighted by molar-refractivity contribution is 5.28. The van der Waals surface area contributed by atoms with E-state index in [0.717, 1.165) is 18.8 Å². The average molecular weight is 263 g/mol. The molecule has 3 nitrogen and oxygen atoms in total. The Morgan fingerprint density at radius 3 is 2.89 bits per heavy atom. The van der Waals surface area contributed by atoms with Crippen LogP contribution in [0.25, 0.3) is 0 Å². The quantitative estimate of drug-likeness (QED) is 0.520. The number of hydrogen-bond acceptors (Lipinski definition) is 3. The van der Waals surface area contributed by atoms with Crippen LogP contribution in [0.2, 0.25) is 0 Å². The van der Waals surface area contributed by atoms with Gasteiger partial charge in [-0.2, -0.15) is 0 Å². The summed E-state index contributed by atoms with van der Waals surface area (Å²) in [5, 5.41) is 3.42. The van der Waals surface area contributed by atoms with Crippen LogP contribution in [-0.4, -0.2) is 26.4 Å². The molecule has 0 saturated heterocycles. The summed E-state index contributed by atoms with van der Waals surface area (Å²) in [6, 6.07) is 8.17. The lowest BCUT2D eigenvalue weighted by atomic mass is 10.2. The van der Waals surface area contributed by atoms with Crippen molar-refractivity contribution in [2.24, 2.45) is 5.92 Å². The molecule has 19 heavy (non-hydrogen) atoms. The highest BCUT2D eigenvalue weighted by Crippen LogP contribution is 2.13. The van der Waals surface area contributed by atoms with E-state index in [0.29, 0.717) is 25.7 Å². The molecule has 0 bridgehead atoms. The molecule has 0 aromatic heterocycles. The molecule has 0 aliphatic carbocycles. The maximum absolute atomic E-state index is 5.63. The van der Waals surface area contributed by atoms with Crippen molar-refractivity contribution in [1.29, 1.82) is 0 Å². The number of benzene rings is 1. The lowest BCUT2D eigenvalue weighted by Crippen LogP contribution is -2.18. The Balaban J connectivity index is 2.28. The molecule has 0 radical (unpaired) electrons. The van der Waals surface area contributed by atoms with Crippen LogP contribution in [0.3, 0.4) is 0 Å². The maximum Gasteiger partial charge on any atom is 0.119 e. The van der Waals surface area contributed by atoms with Gasteiger partial charge in [0.25, 0.3) is 0 Å². The normalized spacial score (nSPS) is 10.7. The molecule has 0 saturated carbocycles. The third-order valence-electron chi connectivity index (χ3n) is 2.51. The van der Waals surface area contributed by atoms with Crippen LogP contribution in [0.5, 0.6) is 5.75 Å². The zero-order chi connectivity index (χ0) is 13.9. The summed E-state index contributed by atoms with van der Waals surface area (Å²) >= 11 is 0. The van der Waals surface area contributed by atoms with E-state index in [4.69, 9.17) is 9.47 Å². The van der Waals surface area contributed by atoms with Gasteiger partial charge < -0.3 is 14.8 Å². The zero-order valence-corrected chi connectivity index (χ0v) is 12.0. The molecule has 0 atom stereocenters. The van der Waals surface area contributed by atoms with Gasteiger partial charge in [0.1, 0.15) is 12.4 Å². The molecule has 1 N–H and O–H groups in total. The first-order valence-corrected chi connectivity index (χ1v) is 6.83. The molecule has 0 amide bonds. The largest absolute Gasteiger partial charge is 0.491 e. The first-order chi connectivity index (χ1) is 9.22. The summed E-state index contributed by atoms with van der Waals surface area (Å²) in [6.07, 6.45) is 1.74. The first kappa shape index (κ1) is 15.7. The lowest BCUT2D eigenvalue weighted by molar-refractivity contribution is 0.121. The zero-order valence-electron chi connectivity index (χ0n) is 12.0. The molecule has 0 fully saturated rings. The second kappa shape index (κ2) is 9.59. The fraction of sp³-hybridized carbons (Fsp3) is 0.500. The number of ether oxygens (including phenoxy) is 2. The van der Waals surface area contributed by atoms with Crippen LogP contribution in [0.4, 0.5) is 0 Å². The summed E-state index contributed by atoms with van der Waals surface area (Å²) in [7, 11) is 0. The van der Waals surface area contributed by atoms with E-state index in [9.17, 15) is 0 Å². The minimum absolute atomic E-state index is 0.566. The van der Waals surface area contributed by atoms with Crippen molar-refractivity contribution in [3.63, 3.8) is 0 Å². The van der Waals surface area contributed by atoms with Crippen LogP contribution < -0.4 is 10.1 Å². The summed E-state index contributed by atoms with van der Waals surface area (Å²) in [6.45, 7) is 11.6. The van der Waals surface area contributed by atoms with Gasteiger partial charge in [-0.05, 0) is 30.2 Å². The summed E-state index contributed by atoms with van der Waals surface area (Å²) in [5.74, 6) is 1.56. The second-order valence-electron chi connectivity index (χ2n) is 4.88. The molecule has 0 heterocycles. The fourth-order valence-corrected chi connectivity index (χ4v) is 1.64. The highest BCUT2D eigenvalue weighted by atomic mass is 16.5. The third-order valence-corrected chi connectivity index (χ3v) is 2.51. The highest BCUT2D eigenvalue weighted by Gasteiger charge is 1.98. The van der Waals surface area contributed by atoms with E-state index in [1.165, 1.54) is 5.56 Å². The Labute approximate surface area is 116 Å². The van der Waals surface area contributed by atoms with Gasteiger partial charge in [0.2, 0.25) is 0 Å². The standard InChI is InChI=1S/C16H25NO2/c1-4-8-18-9-10-19-16-7-5-6-15(11-16)13-17-12-14(2)3/h4-7,11,14,17H,1,8-10,12-13H2,2-3H3. The molecule has 106 valence electrons. The minimum atomic E-state index is 0.566. The van der Waals surface area contributed by atoms with Crippen molar-refractivity contribution in [2.75, 3.05) is 26.4 Å². The van der Waals surface area contributed by atoms with E-state index in [1.54, 1.807) is 6.08 Å². The van der Waals surface area contributed by atoms with Crippen LogP contribution in [0, 0.1) is 5.92 Å². The number of nitrogens with one attached hydrogen (secondary N) is 1. The van der Waals surface area contributed by atoms with E-state index in [2.05, 4.69) is 37.9 Å². The first-order valence-electron chi connectivity index (χ1n) is 6.83. The molecular weight excluding hydrogens is 238 g/mol. The third kappa shape index (κ3) is 7.65. The van der Waals surface area contributed by atoms with E-state index >= 15 is 0 Å². The Bertz CT molecular complexity index is 364. The van der Waals surface area contributed by atoms with Crippen LogP contribution in [-0.2, 0) is 11.3 Å². The van der Waals surface area contributed by atoms with Crippen LogP contribution in [0.15, 0.2) is 36.9 Å². The van der Waals surface area contributed by atoms with Crippen molar-refractivity contribution in [2.45, 2.75) is 20.4 Å². The molecular formula is C16H25NO2. The van der Waals surface area contributed by atoms with Crippen molar-refractivity contribution < 1.29 is 9.47 Å². The molecule has 3 heteroatoms. The van der Waals surface area contributed by atoms with Gasteiger partial charge >= 0.3 is 0 Å². The van der Waals surface area contributed by atoms with Crippen LogP contribution >= 0.6 is 0 Å². The lowest BCUT2D eigenvalue weighted by Gasteiger charge is -2.10. The van der Waals surface area contributed by atoms with E-state index in [-0.39, 0.29) is 0 Å². The predicted octanol–water partition coefficient (Wildman–Crippen LogP) is 3.01. The smallest absolute Gasteiger partial charge is 0.119 e. The van der Waals surface area contributed by atoms with Gasteiger partial charge in [-0.3, -0.25) is 0 Å². The average Bonchev–Trinajstić information content (AvgIpc) is 2.39. The van der Waals surface area contributed by atoms with Crippen LogP contribution in [0.1, 0.15) is 19.4 Å². The fourth-order valence-electron chi connectivity index (χ4n) is 1.64. The molecule has 1 rings (SSSR count). The van der Waals surface area contributed by atoms with E-state index in [1.807, 2.05) is 12.1 Å². The minimum Gasteiger partial charge on any atom is -0.491 e. The van der Waals surface area contributed by atoms with Gasteiger partial charge in [0, 0.05) is 6.54 Å². The topological polar surface area (TPSA) is 30.5 Å². The van der Waals surface area contributed by atoms with Gasteiger partial charge in [-0.25, -0.2) is 0 Å². The Morgan fingerprint density at radius 2 is 2.16 bits per heavy atom. The van der Waals surface area contributed by atoms with Crippen molar-refractivity contribution in [3.05, 3.63) is 42.5 Å². The summed E-state index contributed by atoms with van der Waals surface area (Å²) in [5.41, 5.74) is 1.24. The Kier molecular flexibility index (Phi) is 7.94. The van der Waals surface area contributed by atoms with Crippen molar-refractivity contribution >= 4 is 0 Å². The van der Waals surface area contributed by atoms with Gasteiger partial charge in [-0.15, -0.1) is 6.58 Å². The molecule has 1 aromatic rings. The molecule has 0 aliphatic heterocycles. The molecule has 0 aliphatic rings. The van der Waals surface area contributed by atoms with Gasteiger partial charge in [0.05, 0.1) is 13.2 Å².